The molecule has 0 aliphatic heterocycles. The molecule has 1 N–H and O–H groups in total. The molecule has 0 radical (unpaired) electrons. The molecular formula is C27H22BrCl3N4O3. The van der Waals surface area contributed by atoms with Crippen molar-refractivity contribution in [3.63, 3.8) is 0 Å². The molecule has 11 heteroatoms. The Labute approximate surface area is 242 Å². The summed E-state index contributed by atoms with van der Waals surface area (Å²) >= 11 is 22.1. The smallest absolute Gasteiger partial charge is 0.282 e. The van der Waals surface area contributed by atoms with Crippen molar-refractivity contribution in [1.29, 1.82) is 0 Å². The first-order chi connectivity index (χ1) is 18.2. The van der Waals surface area contributed by atoms with E-state index in [-0.39, 0.29) is 33.9 Å². The summed E-state index contributed by atoms with van der Waals surface area (Å²) in [5.74, 6) is 0.311. The van der Waals surface area contributed by atoms with Gasteiger partial charge in [0.25, 0.3) is 11.5 Å². The van der Waals surface area contributed by atoms with E-state index in [2.05, 4.69) is 26.3 Å². The van der Waals surface area contributed by atoms with Gasteiger partial charge in [0.15, 0.2) is 12.4 Å². The third kappa shape index (κ3) is 6.56. The maximum Gasteiger partial charge on any atom is 0.282 e. The number of nitrogens with one attached hydrogen (secondary N) is 1. The summed E-state index contributed by atoms with van der Waals surface area (Å²) < 4.78 is 7.64. The van der Waals surface area contributed by atoms with Crippen molar-refractivity contribution in [1.82, 2.24) is 9.66 Å². The highest BCUT2D eigenvalue weighted by molar-refractivity contribution is 9.10. The minimum absolute atomic E-state index is 0.00475. The van der Waals surface area contributed by atoms with Gasteiger partial charge >= 0.3 is 0 Å². The second kappa shape index (κ2) is 12.3. The van der Waals surface area contributed by atoms with Crippen LogP contribution in [0.2, 0.25) is 15.1 Å². The Balaban J connectivity index is 1.57. The molecule has 4 rings (SSSR count). The summed E-state index contributed by atoms with van der Waals surface area (Å²) in [6.45, 7) is 3.70. The Morgan fingerprint density at radius 2 is 1.82 bits per heavy atom. The Hall–Kier alpha value is -2.91. The van der Waals surface area contributed by atoms with E-state index in [1.54, 1.807) is 48.5 Å². The van der Waals surface area contributed by atoms with E-state index in [4.69, 9.17) is 44.5 Å². The molecule has 7 nitrogen and oxygen atoms in total. The molecule has 1 heterocycles. The molecule has 38 heavy (non-hydrogen) atoms. The largest absolute Gasteiger partial charge is 0.481 e. The highest BCUT2D eigenvalue weighted by Crippen LogP contribution is 2.34. The Morgan fingerprint density at radius 3 is 2.47 bits per heavy atom. The minimum atomic E-state index is -0.391. The maximum atomic E-state index is 13.3. The number of benzene rings is 3. The number of halogens is 4. The molecule has 0 unspecified atom stereocenters. The Morgan fingerprint density at radius 1 is 1.13 bits per heavy atom. The maximum absolute atomic E-state index is 13.3. The van der Waals surface area contributed by atoms with Gasteiger partial charge in [0, 0.05) is 21.1 Å². The molecule has 0 aliphatic rings. The molecule has 196 valence electrons. The molecule has 0 bridgehead atoms. The number of anilines is 1. The molecule has 0 saturated heterocycles. The molecule has 1 aromatic heterocycles. The first kappa shape index (κ1) is 28.1. The Bertz CT molecular complexity index is 1570. The summed E-state index contributed by atoms with van der Waals surface area (Å²) in [5, 5.41) is 8.51. The highest BCUT2D eigenvalue weighted by Gasteiger charge is 2.16. The van der Waals surface area contributed by atoms with Crippen LogP contribution in [0.3, 0.4) is 0 Å². The number of hydrogen-bond donors (Lipinski definition) is 1. The number of nitrogens with zero attached hydrogens (tertiary/aromatic N) is 3. The van der Waals surface area contributed by atoms with E-state index in [1.165, 1.54) is 10.9 Å². The summed E-state index contributed by atoms with van der Waals surface area (Å²) in [4.78, 5) is 30.3. The van der Waals surface area contributed by atoms with Crippen molar-refractivity contribution in [2.45, 2.75) is 26.2 Å². The van der Waals surface area contributed by atoms with Crippen molar-refractivity contribution in [2.24, 2.45) is 5.10 Å². The zero-order chi connectivity index (χ0) is 27.4. The van der Waals surface area contributed by atoms with E-state index in [0.717, 1.165) is 10.9 Å². The van der Waals surface area contributed by atoms with Crippen molar-refractivity contribution < 1.29 is 9.53 Å². The van der Waals surface area contributed by atoms with Crippen molar-refractivity contribution in [3.05, 3.63) is 95.9 Å². The normalized spacial score (nSPS) is 12.2. The van der Waals surface area contributed by atoms with E-state index in [1.807, 2.05) is 19.9 Å². The summed E-state index contributed by atoms with van der Waals surface area (Å²) in [6, 6.07) is 15.2. The third-order valence-electron chi connectivity index (χ3n) is 5.70. The molecule has 0 aliphatic carbocycles. The average molecular weight is 637 g/mol. The lowest BCUT2D eigenvalue weighted by Crippen LogP contribution is -2.23. The number of hydrogen-bond acceptors (Lipinski definition) is 5. The number of carbonyl (C=O) groups excluding carboxylic acids is 1. The van der Waals surface area contributed by atoms with Crippen LogP contribution in [0.25, 0.3) is 10.9 Å². The van der Waals surface area contributed by atoms with Gasteiger partial charge in [0.2, 0.25) is 0 Å². The van der Waals surface area contributed by atoms with E-state index in [0.29, 0.717) is 33.0 Å². The van der Waals surface area contributed by atoms with Gasteiger partial charge in [-0.1, -0.05) is 64.6 Å². The number of ether oxygens (including phenoxy) is 1. The summed E-state index contributed by atoms with van der Waals surface area (Å²) in [7, 11) is 0. The lowest BCUT2D eigenvalue weighted by Gasteiger charge is -2.14. The highest BCUT2D eigenvalue weighted by atomic mass is 79.9. The van der Waals surface area contributed by atoms with E-state index in [9.17, 15) is 9.59 Å². The van der Waals surface area contributed by atoms with Gasteiger partial charge in [-0.2, -0.15) is 9.78 Å². The van der Waals surface area contributed by atoms with Crippen LogP contribution >= 0.6 is 50.7 Å². The van der Waals surface area contributed by atoms with Crippen molar-refractivity contribution in [2.75, 3.05) is 11.9 Å². The predicted molar refractivity (Wildman–Crippen MR) is 157 cm³/mol. The fourth-order valence-electron chi connectivity index (χ4n) is 3.56. The molecule has 3 aromatic carbocycles. The molecule has 0 spiro atoms. The molecule has 1 atom stereocenters. The quantitative estimate of drug-likeness (QED) is 0.203. The van der Waals surface area contributed by atoms with E-state index < -0.39 is 5.91 Å². The van der Waals surface area contributed by atoms with Crippen LogP contribution in [0.5, 0.6) is 5.75 Å². The summed E-state index contributed by atoms with van der Waals surface area (Å²) in [6.07, 6.45) is 2.26. The van der Waals surface area contributed by atoms with Crippen molar-refractivity contribution >= 4 is 79.4 Å². The van der Waals surface area contributed by atoms with Crippen LogP contribution < -0.4 is 15.6 Å². The second-order valence-electron chi connectivity index (χ2n) is 8.46. The van der Waals surface area contributed by atoms with Gasteiger partial charge in [-0.05, 0) is 66.6 Å². The van der Waals surface area contributed by atoms with Crippen LogP contribution in [0.4, 0.5) is 5.69 Å². The first-order valence-corrected chi connectivity index (χ1v) is 13.5. The second-order valence-corrected chi connectivity index (χ2v) is 10.6. The monoisotopic (exact) mass is 634 g/mol. The fraction of sp³-hybridized carbons (Fsp3) is 0.185. The fourth-order valence-corrected chi connectivity index (χ4v) is 4.66. The predicted octanol–water partition coefficient (Wildman–Crippen LogP) is 7.53. The third-order valence-corrected chi connectivity index (χ3v) is 7.01. The van der Waals surface area contributed by atoms with Crippen LogP contribution in [0, 0.1) is 0 Å². The number of rotatable bonds is 8. The Kier molecular flexibility index (Phi) is 9.10. The lowest BCUT2D eigenvalue weighted by atomic mass is 10.1. The van der Waals surface area contributed by atoms with Gasteiger partial charge in [0.1, 0.15) is 5.82 Å². The van der Waals surface area contributed by atoms with Crippen LogP contribution in [0.1, 0.15) is 37.6 Å². The van der Waals surface area contributed by atoms with E-state index >= 15 is 0 Å². The van der Waals surface area contributed by atoms with Gasteiger partial charge < -0.3 is 10.1 Å². The van der Waals surface area contributed by atoms with Crippen molar-refractivity contribution in [3.8, 4) is 5.75 Å². The lowest BCUT2D eigenvalue weighted by molar-refractivity contribution is -0.118. The number of amides is 1. The number of fused-ring (bicyclic) bond motifs is 1. The van der Waals surface area contributed by atoms with Gasteiger partial charge in [-0.25, -0.2) is 4.98 Å². The van der Waals surface area contributed by atoms with Gasteiger partial charge in [0.05, 0.1) is 27.2 Å². The zero-order valence-electron chi connectivity index (χ0n) is 20.3. The summed E-state index contributed by atoms with van der Waals surface area (Å²) in [5.41, 5.74) is 1.43. The molecular weight excluding hydrogens is 615 g/mol. The minimum Gasteiger partial charge on any atom is -0.481 e. The number of carbonyl (C=O) groups is 1. The van der Waals surface area contributed by atoms with Gasteiger partial charge in [-0.3, -0.25) is 9.59 Å². The van der Waals surface area contributed by atoms with Gasteiger partial charge in [-0.15, -0.1) is 0 Å². The zero-order valence-corrected chi connectivity index (χ0v) is 24.2. The molecule has 4 aromatic rings. The molecule has 0 fully saturated rings. The SMILES string of the molecule is CC[C@@H](C)c1nc2ccc(Br)cc2c(=O)n1N=Cc1cc(Cl)c(OCC(=O)Nc2ccc(Cl)cc2)c(Cl)c1. The molecule has 0 saturated carbocycles. The molecule has 1 amide bonds. The van der Waals surface area contributed by atoms with Crippen LogP contribution in [-0.2, 0) is 4.79 Å². The first-order valence-electron chi connectivity index (χ1n) is 11.6. The average Bonchev–Trinajstić information content (AvgIpc) is 2.88. The topological polar surface area (TPSA) is 85.6 Å². The number of aromatic nitrogens is 2. The van der Waals surface area contributed by atoms with Crippen LogP contribution in [-0.4, -0.2) is 28.4 Å². The standard InChI is InChI=1S/C27H22BrCl3N4O3/c1-3-15(2)26-34-23-9-4-17(28)12-20(23)27(37)35(26)32-13-16-10-21(30)25(22(31)11-16)38-14-24(36)33-19-7-5-18(29)6-8-19/h4-13,15H,3,14H2,1-2H3,(H,33,36)/t15-/m1/s1. The van der Waals surface area contributed by atoms with Crippen LogP contribution in [0.15, 0.2) is 69.0 Å².